The summed E-state index contributed by atoms with van der Waals surface area (Å²) in [5.41, 5.74) is 4.08. The van der Waals surface area contributed by atoms with Crippen molar-refractivity contribution in [3.63, 3.8) is 0 Å². The number of carbonyl (C=O) groups excluding carboxylic acids is 1. The molecular weight excluding hydrogens is 356 g/mol. The number of aromatic nitrogens is 3. The molecule has 0 saturated carbocycles. The number of hydrogen-bond acceptors (Lipinski definition) is 4. The summed E-state index contributed by atoms with van der Waals surface area (Å²) in [7, 11) is 2.05. The van der Waals surface area contributed by atoms with Crippen molar-refractivity contribution in [3.05, 3.63) is 71.5 Å². The first kappa shape index (κ1) is 17.4. The third-order valence-electron chi connectivity index (χ3n) is 4.47. The van der Waals surface area contributed by atoms with Gasteiger partial charge in [-0.1, -0.05) is 24.3 Å². The van der Waals surface area contributed by atoms with Crippen LogP contribution < -0.4 is 5.32 Å². The Morgan fingerprint density at radius 1 is 1.19 bits per heavy atom. The number of pyridine rings is 1. The van der Waals surface area contributed by atoms with Gasteiger partial charge in [-0.3, -0.25) is 9.78 Å². The van der Waals surface area contributed by atoms with E-state index in [1.807, 2.05) is 42.8 Å². The standard InChI is InChI=1S/C21H20N4OS/c1-25-13-15(17-6-2-3-8-19(17)25)9-11-23-20(26)12-16-14-27-21(24-16)18-7-4-5-10-22-18/h2-8,10,13-14H,9,11-12H2,1H3,(H,23,26). The molecule has 0 atom stereocenters. The maximum absolute atomic E-state index is 12.2. The van der Waals surface area contributed by atoms with Crippen molar-refractivity contribution in [2.75, 3.05) is 6.54 Å². The zero-order valence-electron chi connectivity index (χ0n) is 15.1. The van der Waals surface area contributed by atoms with Crippen molar-refractivity contribution in [2.45, 2.75) is 12.8 Å². The summed E-state index contributed by atoms with van der Waals surface area (Å²) >= 11 is 1.51. The van der Waals surface area contributed by atoms with Crippen LogP contribution >= 0.6 is 11.3 Å². The monoisotopic (exact) mass is 376 g/mol. The number of hydrogen-bond donors (Lipinski definition) is 1. The third-order valence-corrected chi connectivity index (χ3v) is 5.39. The average Bonchev–Trinajstić information content (AvgIpc) is 3.28. The van der Waals surface area contributed by atoms with Gasteiger partial charge in [0.2, 0.25) is 5.91 Å². The van der Waals surface area contributed by atoms with E-state index in [1.165, 1.54) is 27.8 Å². The number of thiazole rings is 1. The maximum atomic E-state index is 12.2. The van der Waals surface area contributed by atoms with Crippen LogP contribution in [0.25, 0.3) is 21.6 Å². The molecule has 6 heteroatoms. The molecule has 0 aliphatic heterocycles. The minimum absolute atomic E-state index is 0.00638. The molecule has 0 bridgehead atoms. The molecule has 0 aliphatic rings. The Morgan fingerprint density at radius 2 is 2.04 bits per heavy atom. The lowest BCUT2D eigenvalue weighted by Gasteiger charge is -2.03. The highest BCUT2D eigenvalue weighted by molar-refractivity contribution is 7.13. The molecule has 27 heavy (non-hydrogen) atoms. The Labute approximate surface area is 161 Å². The summed E-state index contributed by atoms with van der Waals surface area (Å²) in [5.74, 6) is -0.00638. The van der Waals surface area contributed by atoms with Gasteiger partial charge >= 0.3 is 0 Å². The number of para-hydroxylation sites is 1. The van der Waals surface area contributed by atoms with Gasteiger partial charge in [0.1, 0.15) is 5.01 Å². The van der Waals surface area contributed by atoms with Gasteiger partial charge in [0.05, 0.1) is 17.8 Å². The number of nitrogens with one attached hydrogen (secondary N) is 1. The molecule has 1 aromatic carbocycles. The van der Waals surface area contributed by atoms with E-state index in [4.69, 9.17) is 0 Å². The lowest BCUT2D eigenvalue weighted by Crippen LogP contribution is -2.27. The van der Waals surface area contributed by atoms with Crippen molar-refractivity contribution >= 4 is 28.1 Å². The molecule has 0 spiro atoms. The molecule has 3 heterocycles. The van der Waals surface area contributed by atoms with Crippen LogP contribution in [0.2, 0.25) is 0 Å². The van der Waals surface area contributed by atoms with Gasteiger partial charge in [-0.2, -0.15) is 0 Å². The number of benzene rings is 1. The quantitative estimate of drug-likeness (QED) is 0.559. The second-order valence-electron chi connectivity index (χ2n) is 6.42. The van der Waals surface area contributed by atoms with Crippen molar-refractivity contribution in [1.82, 2.24) is 19.9 Å². The lowest BCUT2D eigenvalue weighted by molar-refractivity contribution is -0.120. The molecule has 0 saturated heterocycles. The van der Waals surface area contributed by atoms with Crippen LogP contribution in [0.1, 0.15) is 11.3 Å². The van der Waals surface area contributed by atoms with Crippen LogP contribution in [0.5, 0.6) is 0 Å². The SMILES string of the molecule is Cn1cc(CCNC(=O)Cc2csc(-c3ccccn3)n2)c2ccccc21. The summed E-state index contributed by atoms with van der Waals surface area (Å²) in [6, 6.07) is 14.1. The first-order chi connectivity index (χ1) is 13.2. The first-order valence-electron chi connectivity index (χ1n) is 8.86. The molecule has 136 valence electrons. The van der Waals surface area contributed by atoms with E-state index in [-0.39, 0.29) is 5.91 Å². The number of carbonyl (C=O) groups is 1. The minimum Gasteiger partial charge on any atom is -0.355 e. The summed E-state index contributed by atoms with van der Waals surface area (Å²) in [4.78, 5) is 21.1. The number of aryl methyl sites for hydroxylation is 1. The van der Waals surface area contributed by atoms with E-state index in [2.05, 4.69) is 38.2 Å². The molecule has 4 rings (SSSR count). The molecule has 0 aliphatic carbocycles. The van der Waals surface area contributed by atoms with Crippen molar-refractivity contribution in [1.29, 1.82) is 0 Å². The number of amides is 1. The second kappa shape index (κ2) is 7.72. The van der Waals surface area contributed by atoms with Gasteiger partial charge in [0.15, 0.2) is 0 Å². The normalized spacial score (nSPS) is 11.0. The van der Waals surface area contributed by atoms with Crippen LogP contribution in [0.4, 0.5) is 0 Å². The largest absolute Gasteiger partial charge is 0.355 e. The highest BCUT2D eigenvalue weighted by atomic mass is 32.1. The molecule has 0 radical (unpaired) electrons. The van der Waals surface area contributed by atoms with Gasteiger partial charge in [-0.05, 0) is 30.2 Å². The molecule has 1 N–H and O–H groups in total. The fraction of sp³-hybridized carbons (Fsp3) is 0.190. The van der Waals surface area contributed by atoms with Crippen molar-refractivity contribution in [2.24, 2.45) is 7.05 Å². The zero-order valence-corrected chi connectivity index (χ0v) is 15.9. The highest BCUT2D eigenvalue weighted by Gasteiger charge is 2.10. The molecular formula is C21H20N4OS. The molecule has 4 aromatic rings. The number of fused-ring (bicyclic) bond motifs is 1. The Kier molecular flexibility index (Phi) is 4.98. The van der Waals surface area contributed by atoms with E-state index < -0.39 is 0 Å². The Morgan fingerprint density at radius 3 is 2.89 bits per heavy atom. The lowest BCUT2D eigenvalue weighted by atomic mass is 10.1. The van der Waals surface area contributed by atoms with E-state index >= 15 is 0 Å². The zero-order chi connectivity index (χ0) is 18.6. The average molecular weight is 376 g/mol. The van der Waals surface area contributed by atoms with Crippen molar-refractivity contribution in [3.8, 4) is 10.7 Å². The van der Waals surface area contributed by atoms with E-state index in [0.29, 0.717) is 13.0 Å². The Bertz CT molecular complexity index is 1070. The van der Waals surface area contributed by atoms with Crippen molar-refractivity contribution < 1.29 is 4.79 Å². The Hall–Kier alpha value is -2.99. The van der Waals surface area contributed by atoms with Gasteiger partial charge in [0, 0.05) is 42.3 Å². The minimum atomic E-state index is -0.00638. The summed E-state index contributed by atoms with van der Waals surface area (Å²) < 4.78 is 2.13. The summed E-state index contributed by atoms with van der Waals surface area (Å²) in [6.45, 7) is 0.615. The molecule has 1 amide bonds. The molecule has 0 unspecified atom stereocenters. The van der Waals surface area contributed by atoms with E-state index in [0.717, 1.165) is 22.8 Å². The predicted octanol–water partition coefficient (Wildman–Crippen LogP) is 3.60. The molecule has 0 fully saturated rings. The molecule has 5 nitrogen and oxygen atoms in total. The topological polar surface area (TPSA) is 59.8 Å². The van der Waals surface area contributed by atoms with Crippen LogP contribution in [0, 0.1) is 0 Å². The van der Waals surface area contributed by atoms with Gasteiger partial charge in [-0.15, -0.1) is 11.3 Å². The van der Waals surface area contributed by atoms with Crippen LogP contribution in [-0.4, -0.2) is 27.0 Å². The first-order valence-corrected chi connectivity index (χ1v) is 9.74. The summed E-state index contributed by atoms with van der Waals surface area (Å²) in [6.07, 6.45) is 4.98. The number of nitrogens with zero attached hydrogens (tertiary/aromatic N) is 3. The smallest absolute Gasteiger partial charge is 0.226 e. The van der Waals surface area contributed by atoms with Crippen LogP contribution in [0.15, 0.2) is 60.2 Å². The van der Waals surface area contributed by atoms with E-state index in [9.17, 15) is 4.79 Å². The van der Waals surface area contributed by atoms with Gasteiger partial charge in [-0.25, -0.2) is 4.98 Å². The van der Waals surface area contributed by atoms with Crippen LogP contribution in [-0.2, 0) is 24.7 Å². The predicted molar refractivity (Wildman–Crippen MR) is 109 cm³/mol. The van der Waals surface area contributed by atoms with Gasteiger partial charge in [0.25, 0.3) is 0 Å². The fourth-order valence-electron chi connectivity index (χ4n) is 3.18. The molecule has 3 aromatic heterocycles. The van der Waals surface area contributed by atoms with Crippen LogP contribution in [0.3, 0.4) is 0 Å². The second-order valence-corrected chi connectivity index (χ2v) is 7.28. The third kappa shape index (κ3) is 3.90. The Balaban J connectivity index is 1.33. The van der Waals surface area contributed by atoms with E-state index in [1.54, 1.807) is 6.20 Å². The number of rotatable bonds is 6. The fourth-order valence-corrected chi connectivity index (χ4v) is 3.98. The highest BCUT2D eigenvalue weighted by Crippen LogP contribution is 2.22. The van der Waals surface area contributed by atoms with Gasteiger partial charge < -0.3 is 9.88 Å². The maximum Gasteiger partial charge on any atom is 0.226 e. The summed E-state index contributed by atoms with van der Waals surface area (Å²) in [5, 5.41) is 7.01.